The Morgan fingerprint density at radius 3 is 3.25 bits per heavy atom. The summed E-state index contributed by atoms with van der Waals surface area (Å²) in [5, 5.41) is 13.4. The van der Waals surface area contributed by atoms with Crippen molar-refractivity contribution < 1.29 is 9.52 Å². The van der Waals surface area contributed by atoms with Gasteiger partial charge in [0, 0.05) is 0 Å². The number of hydrogen-bond donors (Lipinski definition) is 2. The molecule has 2 heterocycles. The number of fused-ring (bicyclic) bond motifs is 1. The third-order valence-corrected chi connectivity index (χ3v) is 3.23. The minimum atomic E-state index is 0.276. The molecule has 1 unspecified atom stereocenters. The Morgan fingerprint density at radius 2 is 2.44 bits per heavy atom. The summed E-state index contributed by atoms with van der Waals surface area (Å²) in [7, 11) is 0. The predicted octanol–water partition coefficient (Wildman–Crippen LogP) is 1.69. The molecule has 84 valence electrons. The molecule has 0 saturated carbocycles. The minimum Gasteiger partial charge on any atom is -0.505 e. The third kappa shape index (κ3) is 1.55. The average molecular weight is 218 g/mol. The number of phenols is 1. The number of aromatic hydroxyl groups is 1. The van der Waals surface area contributed by atoms with E-state index in [4.69, 9.17) is 4.42 Å². The van der Waals surface area contributed by atoms with E-state index >= 15 is 0 Å². The van der Waals surface area contributed by atoms with E-state index in [1.165, 1.54) is 12.8 Å². The zero-order valence-electron chi connectivity index (χ0n) is 8.94. The summed E-state index contributed by atoms with van der Waals surface area (Å²) >= 11 is 0. The van der Waals surface area contributed by atoms with E-state index in [0.29, 0.717) is 17.0 Å². The summed E-state index contributed by atoms with van der Waals surface area (Å²) in [5.74, 6) is 0.897. The maximum atomic E-state index is 10.1. The number of phenolic OH excluding ortho intramolecular Hbond substituents is 1. The van der Waals surface area contributed by atoms with E-state index in [1.807, 2.05) is 12.1 Å². The van der Waals surface area contributed by atoms with E-state index in [2.05, 4.69) is 10.3 Å². The quantitative estimate of drug-likeness (QED) is 0.805. The SMILES string of the molecule is Oc1c(CC2CCNC2)ccc2ocnc12. The number of aromatic nitrogens is 1. The number of nitrogens with zero attached hydrogens (tertiary/aromatic N) is 1. The molecule has 16 heavy (non-hydrogen) atoms. The second kappa shape index (κ2) is 3.79. The molecule has 2 aromatic rings. The van der Waals surface area contributed by atoms with Crippen molar-refractivity contribution >= 4 is 11.1 Å². The summed E-state index contributed by atoms with van der Waals surface area (Å²) < 4.78 is 5.14. The highest BCUT2D eigenvalue weighted by molar-refractivity contribution is 5.80. The first-order valence-electron chi connectivity index (χ1n) is 5.59. The topological polar surface area (TPSA) is 58.3 Å². The molecule has 1 aliphatic heterocycles. The lowest BCUT2D eigenvalue weighted by atomic mass is 9.98. The van der Waals surface area contributed by atoms with Crippen molar-refractivity contribution in [3.63, 3.8) is 0 Å². The average Bonchev–Trinajstić information content (AvgIpc) is 2.93. The van der Waals surface area contributed by atoms with Crippen LogP contribution in [-0.2, 0) is 6.42 Å². The van der Waals surface area contributed by atoms with Crippen molar-refractivity contribution in [2.24, 2.45) is 5.92 Å². The highest BCUT2D eigenvalue weighted by atomic mass is 16.3. The summed E-state index contributed by atoms with van der Waals surface area (Å²) in [6, 6.07) is 3.81. The van der Waals surface area contributed by atoms with Crippen molar-refractivity contribution in [3.05, 3.63) is 24.1 Å². The molecular weight excluding hydrogens is 204 g/mol. The standard InChI is InChI=1S/C12H14N2O2/c15-12-9(5-8-3-4-13-6-8)1-2-10-11(12)14-7-16-10/h1-2,7-8,13,15H,3-6H2. The number of benzene rings is 1. The maximum Gasteiger partial charge on any atom is 0.182 e. The highest BCUT2D eigenvalue weighted by Crippen LogP contribution is 2.30. The Labute approximate surface area is 93.3 Å². The molecule has 2 N–H and O–H groups in total. The van der Waals surface area contributed by atoms with E-state index in [0.717, 1.165) is 25.1 Å². The molecule has 4 heteroatoms. The van der Waals surface area contributed by atoms with Gasteiger partial charge in [0.15, 0.2) is 17.5 Å². The van der Waals surface area contributed by atoms with Gasteiger partial charge in [-0.2, -0.15) is 0 Å². The number of hydrogen-bond acceptors (Lipinski definition) is 4. The van der Waals surface area contributed by atoms with Gasteiger partial charge in [0.2, 0.25) is 0 Å². The largest absolute Gasteiger partial charge is 0.505 e. The molecule has 1 fully saturated rings. The molecule has 0 radical (unpaired) electrons. The molecule has 1 aliphatic rings. The fourth-order valence-corrected chi connectivity index (χ4v) is 2.32. The number of nitrogens with one attached hydrogen (secondary N) is 1. The van der Waals surface area contributed by atoms with Crippen LogP contribution in [0.2, 0.25) is 0 Å². The zero-order chi connectivity index (χ0) is 11.0. The monoisotopic (exact) mass is 218 g/mol. The van der Waals surface area contributed by atoms with Gasteiger partial charge in [-0.1, -0.05) is 6.07 Å². The fraction of sp³-hybridized carbons (Fsp3) is 0.417. The number of oxazole rings is 1. The molecule has 1 saturated heterocycles. The molecule has 0 bridgehead atoms. The molecule has 1 aromatic carbocycles. The van der Waals surface area contributed by atoms with Gasteiger partial charge in [-0.15, -0.1) is 0 Å². The van der Waals surface area contributed by atoms with Crippen molar-refractivity contribution in [1.82, 2.24) is 10.3 Å². The first-order valence-corrected chi connectivity index (χ1v) is 5.59. The minimum absolute atomic E-state index is 0.276. The van der Waals surface area contributed by atoms with E-state index < -0.39 is 0 Å². The van der Waals surface area contributed by atoms with Crippen LogP contribution < -0.4 is 5.32 Å². The Hall–Kier alpha value is -1.55. The van der Waals surface area contributed by atoms with Crippen LogP contribution in [-0.4, -0.2) is 23.2 Å². The Balaban J connectivity index is 1.93. The zero-order valence-corrected chi connectivity index (χ0v) is 8.94. The summed E-state index contributed by atoms with van der Waals surface area (Å²) in [6.07, 6.45) is 3.45. The van der Waals surface area contributed by atoms with Crippen molar-refractivity contribution in [2.45, 2.75) is 12.8 Å². The van der Waals surface area contributed by atoms with Crippen molar-refractivity contribution in [2.75, 3.05) is 13.1 Å². The second-order valence-corrected chi connectivity index (χ2v) is 4.34. The van der Waals surface area contributed by atoms with Gasteiger partial charge < -0.3 is 14.8 Å². The maximum absolute atomic E-state index is 10.1. The summed E-state index contributed by atoms with van der Waals surface area (Å²) in [5.41, 5.74) is 2.18. The smallest absolute Gasteiger partial charge is 0.182 e. The van der Waals surface area contributed by atoms with Crippen LogP contribution in [0.25, 0.3) is 11.1 Å². The molecule has 0 spiro atoms. The van der Waals surface area contributed by atoms with Crippen LogP contribution in [0.1, 0.15) is 12.0 Å². The van der Waals surface area contributed by atoms with Crippen LogP contribution in [0.3, 0.4) is 0 Å². The van der Waals surface area contributed by atoms with E-state index in [9.17, 15) is 5.11 Å². The molecular formula is C12H14N2O2. The van der Waals surface area contributed by atoms with Crippen molar-refractivity contribution in [3.8, 4) is 5.75 Å². The Morgan fingerprint density at radius 1 is 1.50 bits per heavy atom. The highest BCUT2D eigenvalue weighted by Gasteiger charge is 2.18. The summed E-state index contributed by atoms with van der Waals surface area (Å²) in [6.45, 7) is 2.12. The predicted molar refractivity (Wildman–Crippen MR) is 60.4 cm³/mol. The Bertz CT molecular complexity index is 501. The molecule has 0 amide bonds. The molecule has 0 aliphatic carbocycles. The van der Waals surface area contributed by atoms with Crippen LogP contribution >= 0.6 is 0 Å². The first kappa shape index (κ1) is 9.66. The van der Waals surface area contributed by atoms with Crippen LogP contribution in [0.5, 0.6) is 5.75 Å². The molecule has 4 nitrogen and oxygen atoms in total. The third-order valence-electron chi connectivity index (χ3n) is 3.23. The van der Waals surface area contributed by atoms with Crippen LogP contribution in [0.15, 0.2) is 22.9 Å². The van der Waals surface area contributed by atoms with Crippen molar-refractivity contribution in [1.29, 1.82) is 0 Å². The second-order valence-electron chi connectivity index (χ2n) is 4.34. The van der Waals surface area contributed by atoms with Gasteiger partial charge in [-0.05, 0) is 43.5 Å². The van der Waals surface area contributed by atoms with Gasteiger partial charge in [0.05, 0.1) is 0 Å². The molecule has 1 atom stereocenters. The van der Waals surface area contributed by atoms with Gasteiger partial charge in [0.25, 0.3) is 0 Å². The van der Waals surface area contributed by atoms with Crippen LogP contribution in [0, 0.1) is 5.92 Å². The fourth-order valence-electron chi connectivity index (χ4n) is 2.32. The van der Waals surface area contributed by atoms with E-state index in [1.54, 1.807) is 0 Å². The van der Waals surface area contributed by atoms with Gasteiger partial charge in [-0.3, -0.25) is 0 Å². The number of rotatable bonds is 2. The first-order chi connectivity index (χ1) is 7.84. The lowest BCUT2D eigenvalue weighted by Gasteiger charge is -2.09. The Kier molecular flexibility index (Phi) is 2.29. The lowest BCUT2D eigenvalue weighted by Crippen LogP contribution is -2.10. The normalized spacial score (nSPS) is 20.6. The molecule has 3 rings (SSSR count). The lowest BCUT2D eigenvalue weighted by molar-refractivity contribution is 0.464. The van der Waals surface area contributed by atoms with E-state index in [-0.39, 0.29) is 5.75 Å². The van der Waals surface area contributed by atoms with Crippen LogP contribution in [0.4, 0.5) is 0 Å². The molecule has 1 aromatic heterocycles. The van der Waals surface area contributed by atoms with Gasteiger partial charge in [-0.25, -0.2) is 4.98 Å². The summed E-state index contributed by atoms with van der Waals surface area (Å²) in [4.78, 5) is 4.02. The van der Waals surface area contributed by atoms with Gasteiger partial charge >= 0.3 is 0 Å². The van der Waals surface area contributed by atoms with Gasteiger partial charge in [0.1, 0.15) is 5.75 Å².